The second-order valence-corrected chi connectivity index (χ2v) is 14.0. The van der Waals surface area contributed by atoms with Gasteiger partial charge < -0.3 is 14.7 Å². The highest BCUT2D eigenvalue weighted by atomic mass is 16.3. The number of benzene rings is 6. The molecule has 0 amide bonds. The van der Waals surface area contributed by atoms with Crippen molar-refractivity contribution in [2.45, 2.75) is 38.1 Å². The van der Waals surface area contributed by atoms with Crippen LogP contribution in [0.1, 0.15) is 59.6 Å². The molecule has 5 heteroatoms. The minimum atomic E-state index is -0.247. The molecule has 51 heavy (non-hydrogen) atoms. The van der Waals surface area contributed by atoms with Crippen LogP contribution >= 0.6 is 0 Å². The van der Waals surface area contributed by atoms with E-state index in [-0.39, 0.29) is 12.3 Å². The summed E-state index contributed by atoms with van der Waals surface area (Å²) in [4.78, 5) is 0. The Morgan fingerprint density at radius 2 is 1.41 bits per heavy atom. The van der Waals surface area contributed by atoms with Gasteiger partial charge in [0.15, 0.2) is 5.58 Å². The van der Waals surface area contributed by atoms with Gasteiger partial charge in [-0.05, 0) is 64.4 Å². The summed E-state index contributed by atoms with van der Waals surface area (Å²) in [6.07, 6.45) is 5.23. The maximum absolute atomic E-state index is 6.93. The van der Waals surface area contributed by atoms with Crippen molar-refractivity contribution in [3.8, 4) is 16.8 Å². The first-order chi connectivity index (χ1) is 25.1. The van der Waals surface area contributed by atoms with Crippen LogP contribution in [0.25, 0.3) is 55.7 Å². The molecule has 1 aliphatic heterocycles. The Morgan fingerprint density at radius 1 is 0.725 bits per heavy atom. The van der Waals surface area contributed by atoms with E-state index in [0.29, 0.717) is 5.92 Å². The van der Waals surface area contributed by atoms with E-state index in [1.54, 1.807) is 0 Å². The molecule has 2 aliphatic rings. The van der Waals surface area contributed by atoms with Crippen molar-refractivity contribution < 1.29 is 4.42 Å². The normalized spacial score (nSPS) is 20.2. The first-order valence-corrected chi connectivity index (χ1v) is 17.9. The van der Waals surface area contributed by atoms with Crippen LogP contribution in [-0.2, 0) is 6.54 Å². The van der Waals surface area contributed by atoms with Crippen molar-refractivity contribution in [2.75, 3.05) is 0 Å². The molecule has 1 aliphatic carbocycles. The van der Waals surface area contributed by atoms with Crippen LogP contribution in [0, 0.1) is 0 Å². The van der Waals surface area contributed by atoms with Gasteiger partial charge in [-0.25, -0.2) is 5.01 Å². The molecule has 3 heterocycles. The molecule has 10 rings (SSSR count). The fourth-order valence-corrected chi connectivity index (χ4v) is 8.29. The second-order valence-electron chi connectivity index (χ2n) is 14.0. The highest BCUT2D eigenvalue weighted by Crippen LogP contribution is 2.48. The summed E-state index contributed by atoms with van der Waals surface area (Å²) >= 11 is 0. The predicted octanol–water partition coefficient (Wildman–Crippen LogP) is 11.1. The lowest BCUT2D eigenvalue weighted by Crippen LogP contribution is -2.23. The van der Waals surface area contributed by atoms with E-state index < -0.39 is 0 Å². The van der Waals surface area contributed by atoms with E-state index in [2.05, 4.69) is 173 Å². The smallest absolute Gasteiger partial charge is 0.159 e. The monoisotopic (exact) mass is 662 g/mol. The fraction of sp³-hybridized carbons (Fsp3) is 0.130. The molecule has 0 bridgehead atoms. The Kier molecular flexibility index (Phi) is 7.07. The highest BCUT2D eigenvalue weighted by molar-refractivity contribution is 6.18. The van der Waals surface area contributed by atoms with Crippen LogP contribution in [0.15, 0.2) is 156 Å². The molecular formula is C46H38N4O. The zero-order chi connectivity index (χ0) is 34.1. The predicted molar refractivity (Wildman–Crippen MR) is 208 cm³/mol. The van der Waals surface area contributed by atoms with Crippen LogP contribution in [0.5, 0.6) is 0 Å². The lowest BCUT2D eigenvalue weighted by atomic mass is 9.90. The third kappa shape index (κ3) is 4.96. The van der Waals surface area contributed by atoms with Crippen LogP contribution in [0.2, 0.25) is 0 Å². The number of furan rings is 1. The number of aromatic nitrogens is 1. The molecule has 0 saturated carbocycles. The fourth-order valence-electron chi connectivity index (χ4n) is 8.29. The number of hydrogen-bond acceptors (Lipinski definition) is 4. The van der Waals surface area contributed by atoms with Gasteiger partial charge in [-0.15, -0.1) is 0 Å². The van der Waals surface area contributed by atoms with Gasteiger partial charge in [-0.3, -0.25) is 0 Å². The molecule has 248 valence electrons. The quantitative estimate of drug-likeness (QED) is 0.173. The standard InChI is InChI=1S/C46H38N4O/c1-30-12-11-19-41-42(30)39-27-26-38-37-25-22-35(32-15-7-3-8-16-32)28-40(37)49(43(38)44(39)51-41)36-23-20-34(21-24-36)46-48(29-31-13-5-2-6-14-31)50(46)45(47)33-17-9-4-10-18-33/h2-11,13-28,30,45-46H,12,29,47H2,1H3. The van der Waals surface area contributed by atoms with E-state index in [4.69, 9.17) is 10.2 Å². The first-order valence-electron chi connectivity index (χ1n) is 17.9. The molecule has 2 N–H and O–H groups in total. The molecule has 6 aromatic carbocycles. The Morgan fingerprint density at radius 3 is 2.18 bits per heavy atom. The van der Waals surface area contributed by atoms with Gasteiger partial charge in [-0.1, -0.05) is 140 Å². The van der Waals surface area contributed by atoms with Crippen molar-refractivity contribution in [2.24, 2.45) is 5.73 Å². The van der Waals surface area contributed by atoms with Gasteiger partial charge in [0, 0.05) is 34.0 Å². The molecule has 5 atom stereocenters. The summed E-state index contributed by atoms with van der Waals surface area (Å²) in [5, 5.41) is 8.29. The van der Waals surface area contributed by atoms with Gasteiger partial charge >= 0.3 is 0 Å². The molecule has 8 aromatic rings. The van der Waals surface area contributed by atoms with Crippen molar-refractivity contribution in [3.63, 3.8) is 0 Å². The largest absolute Gasteiger partial charge is 0.454 e. The van der Waals surface area contributed by atoms with Crippen molar-refractivity contribution in [1.29, 1.82) is 0 Å². The van der Waals surface area contributed by atoms with Crippen molar-refractivity contribution in [3.05, 3.63) is 180 Å². The average molecular weight is 663 g/mol. The van der Waals surface area contributed by atoms with Crippen LogP contribution in [0.4, 0.5) is 0 Å². The average Bonchev–Trinajstić information content (AvgIpc) is 3.58. The first kappa shape index (κ1) is 30.1. The number of nitrogens with two attached hydrogens (primary N) is 1. The molecule has 0 spiro atoms. The minimum absolute atomic E-state index is 0.0640. The zero-order valence-corrected chi connectivity index (χ0v) is 28.5. The summed E-state index contributed by atoms with van der Waals surface area (Å²) in [6.45, 7) is 3.09. The van der Waals surface area contributed by atoms with Gasteiger partial charge in [0.1, 0.15) is 11.9 Å². The Labute approximate surface area is 297 Å². The molecule has 5 nitrogen and oxygen atoms in total. The lowest BCUT2D eigenvalue weighted by molar-refractivity contribution is 0.237. The van der Waals surface area contributed by atoms with Crippen LogP contribution in [-0.4, -0.2) is 14.6 Å². The van der Waals surface area contributed by atoms with E-state index in [1.807, 2.05) is 6.07 Å². The van der Waals surface area contributed by atoms with Crippen LogP contribution < -0.4 is 5.73 Å². The third-order valence-electron chi connectivity index (χ3n) is 10.8. The topological polar surface area (TPSA) is 50.1 Å². The number of nitrogens with zero attached hydrogens (tertiary/aromatic N) is 3. The van der Waals surface area contributed by atoms with E-state index in [1.165, 1.54) is 44.0 Å². The number of hydrazine groups is 1. The molecule has 5 unspecified atom stereocenters. The molecule has 0 radical (unpaired) electrons. The number of hydrogen-bond donors (Lipinski definition) is 1. The highest BCUT2D eigenvalue weighted by Gasteiger charge is 2.49. The van der Waals surface area contributed by atoms with Gasteiger partial charge in [0.05, 0.1) is 17.2 Å². The summed E-state index contributed by atoms with van der Waals surface area (Å²) in [5.74, 6) is 1.39. The number of fused-ring (bicyclic) bond motifs is 7. The summed E-state index contributed by atoms with van der Waals surface area (Å²) in [5.41, 5.74) is 18.5. The lowest BCUT2D eigenvalue weighted by Gasteiger charge is -2.14. The minimum Gasteiger partial charge on any atom is -0.454 e. The Bertz CT molecular complexity index is 2570. The summed E-state index contributed by atoms with van der Waals surface area (Å²) in [6, 6.07) is 52.1. The number of allylic oxidation sites excluding steroid dienone is 1. The van der Waals surface area contributed by atoms with Gasteiger partial charge in [-0.2, -0.15) is 5.01 Å². The Hall–Kier alpha value is -5.72. The summed E-state index contributed by atoms with van der Waals surface area (Å²) < 4.78 is 9.18. The molecule has 1 fully saturated rings. The second kappa shape index (κ2) is 12.0. The van der Waals surface area contributed by atoms with E-state index in [9.17, 15) is 0 Å². The maximum atomic E-state index is 6.93. The maximum Gasteiger partial charge on any atom is 0.159 e. The Balaban J connectivity index is 1.12. The zero-order valence-electron chi connectivity index (χ0n) is 28.5. The summed E-state index contributed by atoms with van der Waals surface area (Å²) in [7, 11) is 0. The van der Waals surface area contributed by atoms with Crippen molar-refractivity contribution >= 4 is 38.9 Å². The number of rotatable bonds is 7. The van der Waals surface area contributed by atoms with Crippen LogP contribution in [0.3, 0.4) is 0 Å². The third-order valence-corrected chi connectivity index (χ3v) is 10.8. The molecule has 2 aromatic heterocycles. The van der Waals surface area contributed by atoms with Gasteiger partial charge in [0.2, 0.25) is 0 Å². The van der Waals surface area contributed by atoms with E-state index >= 15 is 0 Å². The SMILES string of the molecule is CC1CC=Cc2oc3c(ccc4c5ccc(-c6ccccc6)cc5n(-c5ccc(C6N(Cc7ccccc7)N6C(N)c6ccccc6)cc5)c43)c21. The molecular weight excluding hydrogens is 625 g/mol. The van der Waals surface area contributed by atoms with Crippen molar-refractivity contribution in [1.82, 2.24) is 14.6 Å². The molecule has 1 saturated heterocycles. The van der Waals surface area contributed by atoms with Gasteiger partial charge in [0.25, 0.3) is 0 Å². The van der Waals surface area contributed by atoms with E-state index in [0.717, 1.165) is 46.6 Å².